The fourth-order valence-electron chi connectivity index (χ4n) is 3.09. The number of hydrogen-bond donors (Lipinski definition) is 1. The number of nitrogens with zero attached hydrogens (tertiary/aromatic N) is 2. The van der Waals surface area contributed by atoms with Crippen LogP contribution in [0.3, 0.4) is 0 Å². The smallest absolute Gasteiger partial charge is 0.261 e. The van der Waals surface area contributed by atoms with Gasteiger partial charge in [-0.3, -0.25) is 14.5 Å². The number of carbonyl (C=O) groups excluding carboxylic acids is 1. The van der Waals surface area contributed by atoms with Crippen LogP contribution in [0.1, 0.15) is 36.5 Å². The van der Waals surface area contributed by atoms with Crippen molar-refractivity contribution in [2.75, 3.05) is 0 Å². The molecule has 2 heterocycles. The van der Waals surface area contributed by atoms with E-state index in [0.717, 1.165) is 5.57 Å². The lowest BCUT2D eigenvalue weighted by Crippen LogP contribution is -2.25. The summed E-state index contributed by atoms with van der Waals surface area (Å²) in [5.74, 6) is 0.0495. The molecule has 2 aromatic heterocycles. The zero-order valence-corrected chi connectivity index (χ0v) is 20.3. The second-order valence-electron chi connectivity index (χ2n) is 6.87. The Labute approximate surface area is 204 Å². The van der Waals surface area contributed by atoms with Crippen LogP contribution in [-0.2, 0) is 10.0 Å². The summed E-state index contributed by atoms with van der Waals surface area (Å²) in [6, 6.07) is 3.25. The highest BCUT2D eigenvalue weighted by Gasteiger charge is 2.23. The molecule has 0 radical (unpaired) electrons. The maximum absolute atomic E-state index is 13.2. The van der Waals surface area contributed by atoms with Gasteiger partial charge in [0.15, 0.2) is 5.78 Å². The average Bonchev–Trinajstić information content (AvgIpc) is 3.18. The van der Waals surface area contributed by atoms with Gasteiger partial charge < -0.3 is 4.42 Å². The van der Waals surface area contributed by atoms with E-state index in [1.165, 1.54) is 43.0 Å². The standard InChI is InChI=1S/C23H18ClN3O4S.C2H6/c24-18-7-10-20(22(28)17-4-2-12-25-15-17)21(11-8-18)27-32(29,30)19-5-1-3-16(6-9-19)23-26-13-14-31-23;1-2/h1-2,4-15,18,27H,3H2;1-2H3. The van der Waals surface area contributed by atoms with Crippen LogP contribution in [0.15, 0.2) is 106 Å². The van der Waals surface area contributed by atoms with E-state index < -0.39 is 15.4 Å². The van der Waals surface area contributed by atoms with Crippen LogP contribution in [-0.4, -0.2) is 29.5 Å². The number of Topliss-reactive ketones (excluding diaryl/α,β-unsaturated/α-hetero) is 1. The first-order valence-corrected chi connectivity index (χ1v) is 12.6. The van der Waals surface area contributed by atoms with Gasteiger partial charge in [0.05, 0.1) is 22.2 Å². The molecule has 34 heavy (non-hydrogen) atoms. The molecular weight excluding hydrogens is 474 g/mol. The number of hydrogen-bond acceptors (Lipinski definition) is 6. The van der Waals surface area contributed by atoms with Gasteiger partial charge >= 0.3 is 0 Å². The highest BCUT2D eigenvalue weighted by atomic mass is 35.5. The molecule has 1 unspecified atom stereocenters. The van der Waals surface area contributed by atoms with Gasteiger partial charge in [-0.05, 0) is 36.8 Å². The van der Waals surface area contributed by atoms with E-state index in [-0.39, 0.29) is 22.0 Å². The van der Waals surface area contributed by atoms with Gasteiger partial charge in [-0.25, -0.2) is 13.4 Å². The van der Waals surface area contributed by atoms with Crippen molar-refractivity contribution in [3.05, 3.63) is 113 Å². The highest BCUT2D eigenvalue weighted by molar-refractivity contribution is 7.93. The van der Waals surface area contributed by atoms with E-state index in [2.05, 4.69) is 14.7 Å². The maximum atomic E-state index is 13.2. The highest BCUT2D eigenvalue weighted by Crippen LogP contribution is 2.24. The molecule has 0 aromatic carbocycles. The fraction of sp³-hybridized carbons (Fsp3) is 0.160. The minimum Gasteiger partial charge on any atom is -0.445 e. The summed E-state index contributed by atoms with van der Waals surface area (Å²) < 4.78 is 34.1. The van der Waals surface area contributed by atoms with Gasteiger partial charge in [0.25, 0.3) is 10.0 Å². The summed E-state index contributed by atoms with van der Waals surface area (Å²) in [6.45, 7) is 4.00. The molecule has 1 N–H and O–H groups in total. The summed E-state index contributed by atoms with van der Waals surface area (Å²) in [4.78, 5) is 21.1. The Balaban J connectivity index is 0.00000158. The van der Waals surface area contributed by atoms with Gasteiger partial charge in [-0.15, -0.1) is 11.6 Å². The number of sulfonamides is 1. The topological polar surface area (TPSA) is 102 Å². The van der Waals surface area contributed by atoms with Gasteiger partial charge in [0.2, 0.25) is 5.89 Å². The number of ketones is 1. The predicted octanol–water partition coefficient (Wildman–Crippen LogP) is 5.11. The van der Waals surface area contributed by atoms with E-state index >= 15 is 0 Å². The zero-order chi connectivity index (χ0) is 24.6. The third-order valence-corrected chi connectivity index (χ3v) is 6.35. The molecule has 0 spiro atoms. The number of aromatic nitrogens is 2. The van der Waals surface area contributed by atoms with Crippen LogP contribution in [0.2, 0.25) is 0 Å². The molecule has 2 aromatic rings. The minimum atomic E-state index is -4.01. The molecule has 0 aliphatic heterocycles. The second kappa shape index (κ2) is 11.6. The first-order chi connectivity index (χ1) is 16.4. The molecule has 1 atom stereocenters. The van der Waals surface area contributed by atoms with Crippen molar-refractivity contribution in [3.63, 3.8) is 0 Å². The van der Waals surface area contributed by atoms with Crippen LogP contribution in [0.4, 0.5) is 0 Å². The third-order valence-electron chi connectivity index (χ3n) is 4.68. The van der Waals surface area contributed by atoms with Crippen molar-refractivity contribution in [2.45, 2.75) is 25.6 Å². The fourth-order valence-corrected chi connectivity index (χ4v) is 4.34. The lowest BCUT2D eigenvalue weighted by Gasteiger charge is -2.12. The van der Waals surface area contributed by atoms with Crippen molar-refractivity contribution in [1.82, 2.24) is 14.7 Å². The Morgan fingerprint density at radius 3 is 2.65 bits per heavy atom. The van der Waals surface area contributed by atoms with Crippen molar-refractivity contribution < 1.29 is 17.6 Å². The van der Waals surface area contributed by atoms with Crippen LogP contribution >= 0.6 is 11.6 Å². The van der Waals surface area contributed by atoms with Crippen LogP contribution in [0, 0.1) is 0 Å². The van der Waals surface area contributed by atoms with Crippen molar-refractivity contribution in [2.24, 2.45) is 0 Å². The van der Waals surface area contributed by atoms with Gasteiger partial charge in [-0.1, -0.05) is 44.2 Å². The maximum Gasteiger partial charge on any atom is 0.261 e. The normalized spacial score (nSPS) is 17.7. The van der Waals surface area contributed by atoms with Crippen molar-refractivity contribution in [1.29, 1.82) is 0 Å². The number of rotatable bonds is 6. The largest absolute Gasteiger partial charge is 0.445 e. The molecule has 0 fully saturated rings. The lowest BCUT2D eigenvalue weighted by molar-refractivity contribution is 0.103. The van der Waals surface area contributed by atoms with E-state index in [1.54, 1.807) is 42.6 Å². The SMILES string of the molecule is CC.O=C(C1=C(NS(=O)(=O)C2=CC=C(c3ncco3)CC=C2)C=CC(Cl)C=C1)c1cccnc1. The summed E-state index contributed by atoms with van der Waals surface area (Å²) in [7, 11) is -4.01. The molecule has 0 amide bonds. The first-order valence-electron chi connectivity index (χ1n) is 10.6. The number of allylic oxidation sites excluding steroid dienone is 10. The molecule has 7 nitrogen and oxygen atoms in total. The Morgan fingerprint density at radius 2 is 1.94 bits per heavy atom. The molecule has 2 aliphatic rings. The van der Waals surface area contributed by atoms with Crippen molar-refractivity contribution in [3.8, 4) is 0 Å². The van der Waals surface area contributed by atoms with Gasteiger partial charge in [-0.2, -0.15) is 0 Å². The molecular formula is C25H24ClN3O4S. The molecule has 0 saturated carbocycles. The molecule has 4 rings (SSSR count). The van der Waals surface area contributed by atoms with Gasteiger partial charge in [0, 0.05) is 29.1 Å². The third kappa shape index (κ3) is 6.09. The second-order valence-corrected chi connectivity index (χ2v) is 9.06. The monoisotopic (exact) mass is 497 g/mol. The summed E-state index contributed by atoms with van der Waals surface area (Å²) in [6.07, 6.45) is 19.0. The quantitative estimate of drug-likeness (QED) is 0.439. The number of carbonyl (C=O) groups is 1. The lowest BCUT2D eigenvalue weighted by atomic mass is 10.0. The van der Waals surface area contributed by atoms with E-state index in [4.69, 9.17) is 16.0 Å². The number of pyridine rings is 1. The number of nitrogens with one attached hydrogen (secondary N) is 1. The van der Waals surface area contributed by atoms with E-state index in [1.807, 2.05) is 13.8 Å². The molecule has 176 valence electrons. The molecule has 0 saturated heterocycles. The van der Waals surface area contributed by atoms with Crippen molar-refractivity contribution >= 4 is 33.0 Å². The van der Waals surface area contributed by atoms with Crippen LogP contribution < -0.4 is 4.72 Å². The Bertz CT molecular complexity index is 1300. The van der Waals surface area contributed by atoms with Crippen LogP contribution in [0.5, 0.6) is 0 Å². The van der Waals surface area contributed by atoms with Crippen LogP contribution in [0.25, 0.3) is 5.57 Å². The number of alkyl halides is 1. The summed E-state index contributed by atoms with van der Waals surface area (Å²) >= 11 is 6.16. The molecule has 2 aliphatic carbocycles. The Kier molecular flexibility index (Phi) is 8.56. The predicted molar refractivity (Wildman–Crippen MR) is 133 cm³/mol. The summed E-state index contributed by atoms with van der Waals surface area (Å²) in [5.41, 5.74) is 1.35. The minimum absolute atomic E-state index is 0.0313. The summed E-state index contributed by atoms with van der Waals surface area (Å²) in [5, 5.41) is -0.489. The van der Waals surface area contributed by atoms with E-state index in [0.29, 0.717) is 17.9 Å². The Hall–Kier alpha value is -3.49. The zero-order valence-electron chi connectivity index (χ0n) is 18.7. The average molecular weight is 498 g/mol. The molecule has 0 bridgehead atoms. The number of oxazole rings is 1. The number of halogens is 1. The van der Waals surface area contributed by atoms with E-state index in [9.17, 15) is 13.2 Å². The molecule has 9 heteroatoms. The van der Waals surface area contributed by atoms with Gasteiger partial charge in [0.1, 0.15) is 6.26 Å². The Morgan fingerprint density at radius 1 is 1.15 bits per heavy atom. The first kappa shape index (κ1) is 25.1.